The first kappa shape index (κ1) is 19.9. The molecule has 9 heteroatoms. The summed E-state index contributed by atoms with van der Waals surface area (Å²) in [6, 6.07) is 18.0. The Labute approximate surface area is 176 Å². The van der Waals surface area contributed by atoms with Gasteiger partial charge in [-0.05, 0) is 37.3 Å². The third-order valence-electron chi connectivity index (χ3n) is 4.99. The number of para-hydroxylation sites is 2. The number of aromatic nitrogens is 2. The Hall–Kier alpha value is -4.40. The van der Waals surface area contributed by atoms with Crippen molar-refractivity contribution in [2.24, 2.45) is 7.05 Å². The van der Waals surface area contributed by atoms with Gasteiger partial charge in [0.25, 0.3) is 17.2 Å². The van der Waals surface area contributed by atoms with Crippen molar-refractivity contribution in [2.75, 3.05) is 5.32 Å². The largest absolute Gasteiger partial charge is 0.451 e. The average Bonchev–Trinajstić information content (AvgIpc) is 3.34. The van der Waals surface area contributed by atoms with Crippen LogP contribution in [0.2, 0.25) is 0 Å². The van der Waals surface area contributed by atoms with E-state index in [1.807, 2.05) is 18.2 Å². The van der Waals surface area contributed by atoms with Crippen molar-refractivity contribution < 1.29 is 14.1 Å². The van der Waals surface area contributed by atoms with Gasteiger partial charge in [0.1, 0.15) is 11.4 Å². The molecule has 9 nitrogen and oxygen atoms in total. The fraction of sp³-hybridized carbons (Fsp3) is 0.0909. The quantitative estimate of drug-likeness (QED) is 0.390. The summed E-state index contributed by atoms with van der Waals surface area (Å²) in [5.41, 5.74) is 1.09. The summed E-state index contributed by atoms with van der Waals surface area (Å²) in [6.07, 6.45) is 0. The van der Waals surface area contributed by atoms with Gasteiger partial charge in [0.2, 0.25) is 0 Å². The van der Waals surface area contributed by atoms with Gasteiger partial charge in [-0.2, -0.15) is 0 Å². The standard InChI is InChI=1S/C22H18N4O5/c1-14-20(22(28)25(24(14)2)15-8-4-3-5-9-15)23-21(27)19-13-12-18(31-19)16-10-6-7-11-17(16)26(29)30/h3-13H,1-2H3,(H,23,27). The second kappa shape index (κ2) is 7.79. The minimum absolute atomic E-state index is 0.0675. The number of nitrogens with zero attached hydrogens (tertiary/aromatic N) is 3. The number of nitro groups is 1. The van der Waals surface area contributed by atoms with E-state index in [9.17, 15) is 19.7 Å². The summed E-state index contributed by atoms with van der Waals surface area (Å²) in [4.78, 5) is 36.4. The number of carbonyl (C=O) groups excluding carboxylic acids is 1. The van der Waals surface area contributed by atoms with Gasteiger partial charge in [0.15, 0.2) is 5.76 Å². The van der Waals surface area contributed by atoms with Crippen LogP contribution in [0.4, 0.5) is 11.4 Å². The van der Waals surface area contributed by atoms with Crippen LogP contribution >= 0.6 is 0 Å². The molecule has 156 valence electrons. The monoisotopic (exact) mass is 418 g/mol. The molecule has 4 rings (SSSR count). The third kappa shape index (κ3) is 3.52. The molecule has 0 saturated carbocycles. The van der Waals surface area contributed by atoms with Crippen molar-refractivity contribution in [1.82, 2.24) is 9.36 Å². The molecule has 0 aliphatic rings. The van der Waals surface area contributed by atoms with Crippen LogP contribution in [0.5, 0.6) is 0 Å². The molecular formula is C22H18N4O5. The lowest BCUT2D eigenvalue weighted by Gasteiger charge is -2.07. The molecule has 0 spiro atoms. The molecule has 31 heavy (non-hydrogen) atoms. The minimum atomic E-state index is -0.629. The molecule has 0 bridgehead atoms. The van der Waals surface area contributed by atoms with Crippen molar-refractivity contribution in [1.29, 1.82) is 0 Å². The van der Waals surface area contributed by atoms with Gasteiger partial charge < -0.3 is 9.73 Å². The number of benzene rings is 2. The van der Waals surface area contributed by atoms with Crippen LogP contribution in [0.3, 0.4) is 0 Å². The molecule has 4 aromatic rings. The Bertz CT molecular complexity index is 1350. The zero-order valence-corrected chi connectivity index (χ0v) is 16.7. The predicted octanol–water partition coefficient (Wildman–Crippen LogP) is 3.90. The molecule has 0 saturated heterocycles. The van der Waals surface area contributed by atoms with E-state index in [-0.39, 0.29) is 34.0 Å². The number of amides is 1. The highest BCUT2D eigenvalue weighted by Gasteiger charge is 2.22. The zero-order chi connectivity index (χ0) is 22.1. The average molecular weight is 418 g/mol. The summed E-state index contributed by atoms with van der Waals surface area (Å²) in [7, 11) is 1.72. The topological polar surface area (TPSA) is 112 Å². The van der Waals surface area contributed by atoms with E-state index in [1.54, 1.807) is 49.0 Å². The Morgan fingerprint density at radius 1 is 1.03 bits per heavy atom. The van der Waals surface area contributed by atoms with E-state index in [0.717, 1.165) is 0 Å². The van der Waals surface area contributed by atoms with Gasteiger partial charge in [-0.15, -0.1) is 0 Å². The third-order valence-corrected chi connectivity index (χ3v) is 4.99. The first-order valence-electron chi connectivity index (χ1n) is 9.37. The van der Waals surface area contributed by atoms with Gasteiger partial charge >= 0.3 is 0 Å². The molecule has 1 amide bonds. The van der Waals surface area contributed by atoms with E-state index in [0.29, 0.717) is 11.4 Å². The maximum Gasteiger partial charge on any atom is 0.295 e. The van der Waals surface area contributed by atoms with Crippen LogP contribution < -0.4 is 10.9 Å². The maximum absolute atomic E-state index is 12.9. The van der Waals surface area contributed by atoms with Crippen LogP contribution in [0.25, 0.3) is 17.0 Å². The van der Waals surface area contributed by atoms with Crippen LogP contribution in [-0.4, -0.2) is 20.2 Å². The molecule has 0 unspecified atom stereocenters. The molecule has 0 atom stereocenters. The number of carbonyl (C=O) groups is 1. The molecule has 0 aliphatic carbocycles. The normalized spacial score (nSPS) is 10.8. The number of hydrogen-bond acceptors (Lipinski definition) is 5. The van der Waals surface area contributed by atoms with E-state index in [2.05, 4.69) is 5.32 Å². The van der Waals surface area contributed by atoms with Crippen molar-refractivity contribution in [3.05, 3.63) is 98.7 Å². The zero-order valence-electron chi connectivity index (χ0n) is 16.7. The highest BCUT2D eigenvalue weighted by atomic mass is 16.6. The number of hydrogen-bond donors (Lipinski definition) is 1. The van der Waals surface area contributed by atoms with Crippen molar-refractivity contribution in [3.63, 3.8) is 0 Å². The summed E-state index contributed by atoms with van der Waals surface area (Å²) in [5, 5.41) is 13.9. The number of anilines is 1. The van der Waals surface area contributed by atoms with Gasteiger partial charge in [0, 0.05) is 13.1 Å². The molecule has 0 aliphatic heterocycles. The first-order valence-corrected chi connectivity index (χ1v) is 9.37. The van der Waals surface area contributed by atoms with Gasteiger partial charge in [-0.3, -0.25) is 24.4 Å². The number of nitrogens with one attached hydrogen (secondary N) is 1. The highest BCUT2D eigenvalue weighted by molar-refractivity contribution is 6.02. The second-order valence-corrected chi connectivity index (χ2v) is 6.83. The lowest BCUT2D eigenvalue weighted by atomic mass is 10.1. The number of rotatable bonds is 5. The summed E-state index contributed by atoms with van der Waals surface area (Å²) in [6.45, 7) is 1.72. The van der Waals surface area contributed by atoms with Gasteiger partial charge in [0.05, 0.1) is 21.9 Å². The van der Waals surface area contributed by atoms with Crippen molar-refractivity contribution >= 4 is 17.3 Å². The van der Waals surface area contributed by atoms with Crippen LogP contribution in [-0.2, 0) is 7.05 Å². The van der Waals surface area contributed by atoms with Gasteiger partial charge in [-0.1, -0.05) is 30.3 Å². The number of furan rings is 1. The molecule has 2 heterocycles. The molecule has 2 aromatic carbocycles. The SMILES string of the molecule is Cc1c(NC(=O)c2ccc(-c3ccccc3[N+](=O)[O-])o2)c(=O)n(-c2ccccc2)n1C. The summed E-state index contributed by atoms with van der Waals surface area (Å²) in [5.74, 6) is -0.512. The predicted molar refractivity (Wildman–Crippen MR) is 114 cm³/mol. The maximum atomic E-state index is 12.9. The Morgan fingerprint density at radius 2 is 1.71 bits per heavy atom. The molecule has 1 N–H and O–H groups in total. The molecular weight excluding hydrogens is 400 g/mol. The van der Waals surface area contributed by atoms with Crippen LogP contribution in [0.1, 0.15) is 16.2 Å². The lowest BCUT2D eigenvalue weighted by Crippen LogP contribution is -2.22. The Balaban J connectivity index is 1.65. The highest BCUT2D eigenvalue weighted by Crippen LogP contribution is 2.31. The molecule has 2 aromatic heterocycles. The van der Waals surface area contributed by atoms with Gasteiger partial charge in [-0.25, -0.2) is 4.68 Å². The Kier molecular flexibility index (Phi) is 5.00. The molecule has 0 radical (unpaired) electrons. The van der Waals surface area contributed by atoms with Crippen molar-refractivity contribution in [2.45, 2.75) is 6.92 Å². The molecule has 0 fully saturated rings. The van der Waals surface area contributed by atoms with E-state index in [1.165, 1.54) is 22.9 Å². The summed E-state index contributed by atoms with van der Waals surface area (Å²) < 4.78 is 8.66. The Morgan fingerprint density at radius 3 is 2.42 bits per heavy atom. The van der Waals surface area contributed by atoms with Crippen LogP contribution in [0, 0.1) is 17.0 Å². The van der Waals surface area contributed by atoms with E-state index >= 15 is 0 Å². The lowest BCUT2D eigenvalue weighted by molar-refractivity contribution is -0.384. The van der Waals surface area contributed by atoms with Crippen molar-refractivity contribution in [3.8, 4) is 17.0 Å². The van der Waals surface area contributed by atoms with E-state index < -0.39 is 10.8 Å². The summed E-state index contributed by atoms with van der Waals surface area (Å²) >= 11 is 0. The fourth-order valence-corrected chi connectivity index (χ4v) is 3.33. The van der Waals surface area contributed by atoms with E-state index in [4.69, 9.17) is 4.42 Å². The van der Waals surface area contributed by atoms with Crippen LogP contribution in [0.15, 0.2) is 75.9 Å². The number of nitro benzene ring substituents is 1. The fourth-order valence-electron chi connectivity index (χ4n) is 3.33. The first-order chi connectivity index (χ1) is 14.9. The second-order valence-electron chi connectivity index (χ2n) is 6.83. The minimum Gasteiger partial charge on any atom is -0.451 e. The smallest absolute Gasteiger partial charge is 0.295 e.